The van der Waals surface area contributed by atoms with Gasteiger partial charge in [-0.25, -0.2) is 0 Å². The zero-order valence-electron chi connectivity index (χ0n) is 13.5. The first-order valence-electron chi connectivity index (χ1n) is 7.04. The summed E-state index contributed by atoms with van der Waals surface area (Å²) >= 11 is 0. The Hall–Kier alpha value is -3.27. The molecule has 0 aliphatic heterocycles. The van der Waals surface area contributed by atoms with Crippen LogP contribution < -0.4 is 15.0 Å². The van der Waals surface area contributed by atoms with Gasteiger partial charge in [0.1, 0.15) is 11.6 Å². The SMILES string of the molecule is COc1ccccc1OCC(=O)c1c(C)c(C#N)c(=O)n(C)c1O. The van der Waals surface area contributed by atoms with Crippen LogP contribution in [0.3, 0.4) is 0 Å². The maximum atomic E-state index is 12.4. The fourth-order valence-corrected chi connectivity index (χ4v) is 2.30. The van der Waals surface area contributed by atoms with Gasteiger partial charge in [0.15, 0.2) is 18.1 Å². The highest BCUT2D eigenvalue weighted by atomic mass is 16.5. The van der Waals surface area contributed by atoms with E-state index in [9.17, 15) is 14.7 Å². The normalized spacial score (nSPS) is 10.1. The van der Waals surface area contributed by atoms with Crippen molar-refractivity contribution in [3.63, 3.8) is 0 Å². The molecule has 0 radical (unpaired) electrons. The van der Waals surface area contributed by atoms with Crippen molar-refractivity contribution in [3.05, 3.63) is 51.3 Å². The van der Waals surface area contributed by atoms with Crippen molar-refractivity contribution in [1.82, 2.24) is 4.57 Å². The van der Waals surface area contributed by atoms with Crippen LogP contribution in [-0.4, -0.2) is 29.2 Å². The maximum absolute atomic E-state index is 12.4. The molecule has 7 nitrogen and oxygen atoms in total. The average Bonchev–Trinajstić information content (AvgIpc) is 2.59. The Labute approximate surface area is 138 Å². The Bertz CT molecular complexity index is 893. The summed E-state index contributed by atoms with van der Waals surface area (Å²) in [7, 11) is 2.77. The Kier molecular flexibility index (Phi) is 4.90. The van der Waals surface area contributed by atoms with Crippen molar-refractivity contribution in [2.75, 3.05) is 13.7 Å². The first kappa shape index (κ1) is 17.1. The molecule has 2 rings (SSSR count). The third-order valence-corrected chi connectivity index (χ3v) is 3.63. The number of ether oxygens (including phenoxy) is 2. The van der Waals surface area contributed by atoms with Gasteiger partial charge in [-0.3, -0.25) is 14.2 Å². The molecule has 1 heterocycles. The van der Waals surface area contributed by atoms with Crippen LogP contribution in [0.5, 0.6) is 17.4 Å². The van der Waals surface area contributed by atoms with E-state index < -0.39 is 17.2 Å². The summed E-state index contributed by atoms with van der Waals surface area (Å²) in [6.07, 6.45) is 0. The highest BCUT2D eigenvalue weighted by Gasteiger charge is 2.23. The van der Waals surface area contributed by atoms with Crippen molar-refractivity contribution < 1.29 is 19.4 Å². The van der Waals surface area contributed by atoms with Crippen LogP contribution in [0.1, 0.15) is 21.5 Å². The lowest BCUT2D eigenvalue weighted by molar-refractivity contribution is 0.0914. The maximum Gasteiger partial charge on any atom is 0.271 e. The summed E-state index contributed by atoms with van der Waals surface area (Å²) in [5.74, 6) is -0.214. The lowest BCUT2D eigenvalue weighted by Gasteiger charge is -2.13. The molecule has 0 saturated carbocycles. The van der Waals surface area contributed by atoms with Crippen LogP contribution >= 0.6 is 0 Å². The van der Waals surface area contributed by atoms with Gasteiger partial charge in [-0.15, -0.1) is 0 Å². The van der Waals surface area contributed by atoms with Crippen LogP contribution in [0.4, 0.5) is 0 Å². The number of pyridine rings is 1. The predicted molar refractivity (Wildman–Crippen MR) is 85.6 cm³/mol. The molecular weight excluding hydrogens is 312 g/mol. The van der Waals surface area contributed by atoms with E-state index in [1.165, 1.54) is 21.1 Å². The fraction of sp³-hybridized carbons (Fsp3) is 0.235. The number of carbonyl (C=O) groups excluding carboxylic acids is 1. The molecule has 0 spiro atoms. The number of aromatic hydroxyl groups is 1. The summed E-state index contributed by atoms with van der Waals surface area (Å²) in [6.45, 7) is 1.06. The molecule has 0 unspecified atom stereocenters. The Morgan fingerprint density at radius 1 is 1.33 bits per heavy atom. The van der Waals surface area contributed by atoms with E-state index in [1.807, 2.05) is 0 Å². The number of para-hydroxylation sites is 2. The second-order valence-electron chi connectivity index (χ2n) is 5.04. The quantitative estimate of drug-likeness (QED) is 0.835. The first-order valence-corrected chi connectivity index (χ1v) is 7.04. The van der Waals surface area contributed by atoms with Gasteiger partial charge in [0.05, 0.1) is 12.7 Å². The summed E-state index contributed by atoms with van der Waals surface area (Å²) in [6, 6.07) is 8.57. The number of rotatable bonds is 5. The highest BCUT2D eigenvalue weighted by molar-refractivity contribution is 6.01. The van der Waals surface area contributed by atoms with Crippen molar-refractivity contribution in [2.45, 2.75) is 6.92 Å². The third-order valence-electron chi connectivity index (χ3n) is 3.63. The van der Waals surface area contributed by atoms with Gasteiger partial charge in [0, 0.05) is 7.05 Å². The topological polar surface area (TPSA) is 102 Å². The molecule has 1 aromatic carbocycles. The second-order valence-corrected chi connectivity index (χ2v) is 5.04. The summed E-state index contributed by atoms with van der Waals surface area (Å²) < 4.78 is 11.4. The largest absolute Gasteiger partial charge is 0.494 e. The summed E-state index contributed by atoms with van der Waals surface area (Å²) in [5.41, 5.74) is -0.819. The number of carbonyl (C=O) groups is 1. The molecule has 7 heteroatoms. The van der Waals surface area contributed by atoms with Gasteiger partial charge in [0.2, 0.25) is 11.7 Å². The minimum absolute atomic E-state index is 0.108. The summed E-state index contributed by atoms with van der Waals surface area (Å²) in [4.78, 5) is 24.3. The van der Waals surface area contributed by atoms with Crippen LogP contribution in [0, 0.1) is 18.3 Å². The molecule has 124 valence electrons. The van der Waals surface area contributed by atoms with Gasteiger partial charge in [0.25, 0.3) is 5.56 Å². The van der Waals surface area contributed by atoms with Crippen molar-refractivity contribution in [2.24, 2.45) is 7.05 Å². The number of Topliss-reactive ketones (excluding diaryl/α,β-unsaturated/α-hetero) is 1. The summed E-state index contributed by atoms with van der Waals surface area (Å²) in [5, 5.41) is 19.2. The Morgan fingerprint density at radius 3 is 2.54 bits per heavy atom. The molecule has 0 saturated heterocycles. The molecule has 0 aliphatic carbocycles. The van der Waals surface area contributed by atoms with Crippen molar-refractivity contribution >= 4 is 5.78 Å². The molecule has 0 atom stereocenters. The fourth-order valence-electron chi connectivity index (χ4n) is 2.30. The smallest absolute Gasteiger partial charge is 0.271 e. The van der Waals surface area contributed by atoms with Crippen LogP contribution in [0.25, 0.3) is 0 Å². The minimum Gasteiger partial charge on any atom is -0.494 e. The number of benzene rings is 1. The number of hydrogen-bond acceptors (Lipinski definition) is 6. The van der Waals surface area contributed by atoms with E-state index in [1.54, 1.807) is 30.3 Å². The first-order chi connectivity index (χ1) is 11.4. The number of methoxy groups -OCH3 is 1. The zero-order chi connectivity index (χ0) is 17.9. The van der Waals surface area contributed by atoms with E-state index in [0.717, 1.165) is 4.57 Å². The molecule has 0 bridgehead atoms. The molecule has 0 aliphatic rings. The van der Waals surface area contributed by atoms with E-state index in [-0.39, 0.29) is 23.3 Å². The van der Waals surface area contributed by atoms with Crippen molar-refractivity contribution in [1.29, 1.82) is 5.26 Å². The van der Waals surface area contributed by atoms with Crippen LogP contribution in [-0.2, 0) is 7.05 Å². The van der Waals surface area contributed by atoms with Crippen LogP contribution in [0.2, 0.25) is 0 Å². The molecule has 2 aromatic rings. The molecular formula is C17H16N2O5. The van der Waals surface area contributed by atoms with E-state index in [4.69, 9.17) is 14.7 Å². The van der Waals surface area contributed by atoms with Gasteiger partial charge in [-0.2, -0.15) is 5.26 Å². The van der Waals surface area contributed by atoms with Gasteiger partial charge in [-0.05, 0) is 24.6 Å². The Balaban J connectivity index is 2.36. The molecule has 1 aromatic heterocycles. The molecule has 0 amide bonds. The lowest BCUT2D eigenvalue weighted by Crippen LogP contribution is -2.25. The Morgan fingerprint density at radius 2 is 1.96 bits per heavy atom. The number of nitriles is 1. The standard InChI is InChI=1S/C17H16N2O5/c1-10-11(8-18)16(21)19(2)17(22)15(10)12(20)9-24-14-7-5-4-6-13(14)23-3/h4-7,22H,9H2,1-3H3. The second kappa shape index (κ2) is 6.87. The number of hydrogen-bond donors (Lipinski definition) is 1. The molecule has 1 N–H and O–H groups in total. The van der Waals surface area contributed by atoms with E-state index in [0.29, 0.717) is 11.5 Å². The zero-order valence-corrected chi connectivity index (χ0v) is 13.5. The predicted octanol–water partition coefficient (Wildman–Crippen LogP) is 1.54. The lowest BCUT2D eigenvalue weighted by atomic mass is 10.0. The average molecular weight is 328 g/mol. The molecule has 24 heavy (non-hydrogen) atoms. The number of ketones is 1. The number of nitrogens with zero attached hydrogens (tertiary/aromatic N) is 2. The van der Waals surface area contributed by atoms with Crippen LogP contribution in [0.15, 0.2) is 29.1 Å². The van der Waals surface area contributed by atoms with E-state index in [2.05, 4.69) is 0 Å². The minimum atomic E-state index is -0.658. The third kappa shape index (κ3) is 2.94. The van der Waals surface area contributed by atoms with Gasteiger partial charge >= 0.3 is 0 Å². The monoisotopic (exact) mass is 328 g/mol. The van der Waals surface area contributed by atoms with E-state index >= 15 is 0 Å². The van der Waals surface area contributed by atoms with Gasteiger partial charge < -0.3 is 14.6 Å². The van der Waals surface area contributed by atoms with Gasteiger partial charge in [-0.1, -0.05) is 12.1 Å². The molecule has 0 fully saturated rings. The van der Waals surface area contributed by atoms with Crippen molar-refractivity contribution in [3.8, 4) is 23.4 Å². The number of aromatic nitrogens is 1. The highest BCUT2D eigenvalue weighted by Crippen LogP contribution is 2.27.